The summed E-state index contributed by atoms with van der Waals surface area (Å²) >= 11 is 0. The zero-order valence-corrected chi connectivity index (χ0v) is 25.7. The van der Waals surface area contributed by atoms with Crippen molar-refractivity contribution in [3.63, 3.8) is 0 Å². The van der Waals surface area contributed by atoms with E-state index < -0.39 is 0 Å². The zero-order chi connectivity index (χ0) is 28.5. The maximum absolute atomic E-state index is 5.36. The minimum absolute atomic E-state index is 0.235. The Morgan fingerprint density at radius 2 is 0.895 bits per heavy atom. The number of imidazole rings is 2. The van der Waals surface area contributed by atoms with Crippen LogP contribution in [0.15, 0.2) is 39.2 Å². The number of hydrogen-bond donors (Lipinski definition) is 0. The van der Waals surface area contributed by atoms with Crippen LogP contribution in [0, 0.1) is 27.7 Å². The normalized spacial score (nSPS) is 11.7. The Labute approximate surface area is 228 Å². The summed E-state index contributed by atoms with van der Waals surface area (Å²) in [6, 6.07) is 8.64. The highest BCUT2D eigenvalue weighted by Gasteiger charge is 2.19. The van der Waals surface area contributed by atoms with E-state index in [0.717, 1.165) is 22.7 Å². The molecule has 0 atom stereocenters. The number of methoxy groups -OCH3 is 1. The molecule has 0 spiro atoms. The predicted octanol–water partition coefficient (Wildman–Crippen LogP) is 6.65. The summed E-state index contributed by atoms with van der Waals surface area (Å²) in [7, 11) is 1.67. The van der Waals surface area contributed by atoms with E-state index in [2.05, 4.69) is 101 Å². The second kappa shape index (κ2) is 11.6. The molecular weight excluding hydrogens is 474 g/mol. The molecule has 0 saturated carbocycles. The van der Waals surface area contributed by atoms with Crippen LogP contribution in [-0.2, 0) is 0 Å². The number of benzene rings is 1. The van der Waals surface area contributed by atoms with Gasteiger partial charge < -0.3 is 23.0 Å². The van der Waals surface area contributed by atoms with E-state index in [4.69, 9.17) is 19.7 Å². The van der Waals surface area contributed by atoms with Crippen molar-refractivity contribution in [1.82, 2.24) is 18.3 Å². The molecule has 1 aromatic carbocycles. The van der Waals surface area contributed by atoms with E-state index in [9.17, 15) is 0 Å². The smallest absolute Gasteiger partial charge is 0.256 e. The maximum atomic E-state index is 5.36. The minimum atomic E-state index is 0.235. The van der Waals surface area contributed by atoms with Crippen LogP contribution in [0.1, 0.15) is 102 Å². The molecule has 3 aromatic rings. The molecule has 0 aliphatic heterocycles. The molecule has 3 rings (SSSR count). The van der Waals surface area contributed by atoms with E-state index in [1.165, 1.54) is 22.8 Å². The van der Waals surface area contributed by atoms with Gasteiger partial charge >= 0.3 is 0 Å². The van der Waals surface area contributed by atoms with Gasteiger partial charge in [0.05, 0.1) is 12.8 Å². The third-order valence-corrected chi connectivity index (χ3v) is 7.12. The average molecular weight is 522 g/mol. The molecule has 0 radical (unpaired) electrons. The Morgan fingerprint density at radius 1 is 0.579 bits per heavy atom. The van der Waals surface area contributed by atoms with Crippen molar-refractivity contribution >= 4 is 11.6 Å². The lowest BCUT2D eigenvalue weighted by molar-refractivity contribution is 0.415. The molecule has 2 heterocycles. The summed E-state index contributed by atoms with van der Waals surface area (Å²) in [6.45, 7) is 26.2. The van der Waals surface area contributed by atoms with Crippen molar-refractivity contribution in [3.8, 4) is 5.75 Å². The third kappa shape index (κ3) is 5.59. The molecule has 0 bridgehead atoms. The molecule has 0 amide bonds. The monoisotopic (exact) mass is 521 g/mol. The largest absolute Gasteiger partial charge is 0.497 e. The molecule has 0 aliphatic rings. The van der Waals surface area contributed by atoms with Crippen LogP contribution in [0.2, 0.25) is 0 Å². The van der Waals surface area contributed by atoms with Gasteiger partial charge in [-0.1, -0.05) is 0 Å². The van der Waals surface area contributed by atoms with Gasteiger partial charge in [0.15, 0.2) is 0 Å². The summed E-state index contributed by atoms with van der Waals surface area (Å²) in [5, 5.41) is 0. The van der Waals surface area contributed by atoms with E-state index in [0.29, 0.717) is 5.96 Å². The van der Waals surface area contributed by atoms with Gasteiger partial charge in [0, 0.05) is 46.9 Å². The second-order valence-corrected chi connectivity index (χ2v) is 11.1. The molecule has 0 unspecified atom stereocenters. The van der Waals surface area contributed by atoms with Gasteiger partial charge in [-0.3, -0.25) is 0 Å². The highest BCUT2D eigenvalue weighted by molar-refractivity contribution is 5.84. The molecule has 0 fully saturated rings. The van der Waals surface area contributed by atoms with E-state index in [1.807, 2.05) is 24.3 Å². The van der Waals surface area contributed by atoms with E-state index in [1.54, 1.807) is 7.11 Å². The van der Waals surface area contributed by atoms with Crippen molar-refractivity contribution in [1.29, 1.82) is 0 Å². The summed E-state index contributed by atoms with van der Waals surface area (Å²) in [4.78, 5) is 15.4. The van der Waals surface area contributed by atoms with Crippen molar-refractivity contribution in [2.75, 3.05) is 7.11 Å². The van der Waals surface area contributed by atoms with Crippen molar-refractivity contribution < 1.29 is 4.74 Å². The van der Waals surface area contributed by atoms with Crippen LogP contribution in [0.4, 0.5) is 5.69 Å². The Hall–Kier alpha value is -3.29. The van der Waals surface area contributed by atoms with Gasteiger partial charge in [0.1, 0.15) is 5.75 Å². The number of aliphatic imine (C=N–C) groups is 1. The summed E-state index contributed by atoms with van der Waals surface area (Å²) in [5.74, 6) is 1.20. The van der Waals surface area contributed by atoms with Crippen molar-refractivity contribution in [2.24, 2.45) is 15.0 Å². The molecule has 38 heavy (non-hydrogen) atoms. The predicted molar refractivity (Wildman–Crippen MR) is 157 cm³/mol. The minimum Gasteiger partial charge on any atom is -0.497 e. The lowest BCUT2D eigenvalue weighted by Crippen LogP contribution is -2.33. The number of nitrogens with zero attached hydrogens (tertiary/aromatic N) is 7. The van der Waals surface area contributed by atoms with E-state index in [-0.39, 0.29) is 24.2 Å². The highest BCUT2D eigenvalue weighted by atomic mass is 16.5. The number of aromatic nitrogens is 4. The first-order valence-corrected chi connectivity index (χ1v) is 13.7. The van der Waals surface area contributed by atoms with Gasteiger partial charge in [0.2, 0.25) is 11.2 Å². The van der Waals surface area contributed by atoms with Crippen LogP contribution in [0.5, 0.6) is 5.75 Å². The number of guanidine groups is 1. The zero-order valence-electron chi connectivity index (χ0n) is 25.7. The third-order valence-electron chi connectivity index (χ3n) is 7.12. The SMILES string of the molecule is COc1ccc(N=C(N=c2n(C(C)C)c(C)c(C)n2C(C)C)N=c2n(C(C)C)c(C)c(C)n2C(C)C)cc1. The Bertz CT molecular complexity index is 1280. The fourth-order valence-electron chi connectivity index (χ4n) is 5.24. The topological polar surface area (TPSA) is 66.0 Å². The van der Waals surface area contributed by atoms with Gasteiger partial charge in [-0.25, -0.2) is 4.99 Å². The first kappa shape index (κ1) is 29.3. The molecule has 0 aliphatic carbocycles. The maximum Gasteiger partial charge on any atom is 0.256 e. The fourth-order valence-corrected chi connectivity index (χ4v) is 5.24. The molecule has 0 saturated heterocycles. The van der Waals surface area contributed by atoms with Crippen LogP contribution in [0.3, 0.4) is 0 Å². The van der Waals surface area contributed by atoms with Crippen molar-refractivity contribution in [2.45, 2.75) is 107 Å². The summed E-state index contributed by atoms with van der Waals surface area (Å²) < 4.78 is 14.5. The Balaban J connectivity index is 2.50. The van der Waals surface area contributed by atoms with E-state index >= 15 is 0 Å². The molecule has 2 aromatic heterocycles. The number of rotatable bonds is 6. The molecule has 208 valence electrons. The van der Waals surface area contributed by atoms with Gasteiger partial charge in [-0.15, -0.1) is 0 Å². The lowest BCUT2D eigenvalue weighted by atomic mass is 10.3. The molecule has 8 nitrogen and oxygen atoms in total. The number of ether oxygens (including phenoxy) is 1. The molecular formula is C30H47N7O. The summed E-state index contributed by atoms with van der Waals surface area (Å²) in [5.41, 5.74) is 7.28. The quantitative estimate of drug-likeness (QED) is 0.265. The standard InChI is InChI=1S/C30H47N7O/c1-18(2)34-22(9)23(10)35(19(3)4)29(34)32-28(31-26-14-16-27(38-13)17-15-26)33-30-36(20(5)6)24(11)25(12)37(30)21(7)8/h14-21H,1-13H3. The first-order chi connectivity index (χ1) is 17.8. The Morgan fingerprint density at radius 3 is 1.16 bits per heavy atom. The number of hydrogen-bond acceptors (Lipinski definition) is 2. The summed E-state index contributed by atoms with van der Waals surface area (Å²) in [6.07, 6.45) is 0. The molecule has 8 heteroatoms. The Kier molecular flexibility index (Phi) is 8.95. The van der Waals surface area contributed by atoms with Gasteiger partial charge in [-0.05, 0) is 107 Å². The average Bonchev–Trinajstić information content (AvgIpc) is 3.23. The molecule has 0 N–H and O–H groups in total. The van der Waals surface area contributed by atoms with Crippen LogP contribution < -0.4 is 16.0 Å². The first-order valence-electron chi connectivity index (χ1n) is 13.7. The van der Waals surface area contributed by atoms with Crippen LogP contribution in [-0.4, -0.2) is 31.3 Å². The van der Waals surface area contributed by atoms with Gasteiger partial charge in [0.25, 0.3) is 5.96 Å². The van der Waals surface area contributed by atoms with Crippen molar-refractivity contribution in [3.05, 3.63) is 58.3 Å². The highest BCUT2D eigenvalue weighted by Crippen LogP contribution is 2.20. The fraction of sp³-hybridized carbons (Fsp3) is 0.567. The lowest BCUT2D eigenvalue weighted by Gasteiger charge is -2.13. The van der Waals surface area contributed by atoms with Crippen LogP contribution in [0.25, 0.3) is 0 Å². The second-order valence-electron chi connectivity index (χ2n) is 11.1. The van der Waals surface area contributed by atoms with Gasteiger partial charge in [-0.2, -0.15) is 9.98 Å². The van der Waals surface area contributed by atoms with Crippen LogP contribution >= 0.6 is 0 Å².